The van der Waals surface area contributed by atoms with Crippen molar-refractivity contribution in [3.8, 4) is 0 Å². The minimum Gasteiger partial charge on any atom is -0.377 e. The van der Waals surface area contributed by atoms with E-state index < -0.39 is 0 Å². The number of hydrogen-bond donors (Lipinski definition) is 1. The lowest BCUT2D eigenvalue weighted by Crippen LogP contribution is -2.58. The Labute approximate surface area is 85.8 Å². The maximum Gasteiger partial charge on any atom is 0.0702 e. The molecule has 80 valence electrons. The fraction of sp³-hybridized carbons (Fsp3) is 1.00. The molecule has 0 amide bonds. The van der Waals surface area contributed by atoms with Crippen LogP contribution in [0.15, 0.2) is 0 Å². The second-order valence-corrected chi connectivity index (χ2v) is 5.23. The second-order valence-electron chi connectivity index (χ2n) is 5.23. The van der Waals surface area contributed by atoms with Gasteiger partial charge in [0.15, 0.2) is 0 Å². The second kappa shape index (κ2) is 3.47. The lowest BCUT2D eigenvalue weighted by atomic mass is 9.79. The third-order valence-corrected chi connectivity index (χ3v) is 3.94. The summed E-state index contributed by atoms with van der Waals surface area (Å²) < 4.78 is 5.65. The molecule has 0 aromatic carbocycles. The summed E-state index contributed by atoms with van der Waals surface area (Å²) in [4.78, 5) is 2.57. The smallest absolute Gasteiger partial charge is 0.0702 e. The van der Waals surface area contributed by atoms with Crippen LogP contribution >= 0.6 is 0 Å². The minimum atomic E-state index is 0.543. The molecule has 3 aliphatic rings. The van der Waals surface area contributed by atoms with Crippen molar-refractivity contribution < 1.29 is 4.74 Å². The molecule has 3 heterocycles. The molecular weight excluding hydrogens is 176 g/mol. The molecule has 3 rings (SSSR count). The van der Waals surface area contributed by atoms with Crippen molar-refractivity contribution in [1.29, 1.82) is 0 Å². The maximum atomic E-state index is 5.65. The van der Waals surface area contributed by atoms with Crippen molar-refractivity contribution in [1.82, 2.24) is 10.2 Å². The molecular formula is C11H20N2O. The Balaban J connectivity index is 1.45. The summed E-state index contributed by atoms with van der Waals surface area (Å²) in [6, 6.07) is 0. The third kappa shape index (κ3) is 1.58. The van der Waals surface area contributed by atoms with Gasteiger partial charge in [0, 0.05) is 38.2 Å². The fourth-order valence-corrected chi connectivity index (χ4v) is 3.17. The van der Waals surface area contributed by atoms with E-state index in [-0.39, 0.29) is 0 Å². The summed E-state index contributed by atoms with van der Waals surface area (Å²) in [6.45, 7) is 7.26. The molecule has 3 fully saturated rings. The monoisotopic (exact) mass is 196 g/mol. The van der Waals surface area contributed by atoms with Crippen LogP contribution in [0.5, 0.6) is 0 Å². The zero-order chi connectivity index (χ0) is 9.43. The van der Waals surface area contributed by atoms with Crippen LogP contribution in [0.4, 0.5) is 0 Å². The van der Waals surface area contributed by atoms with Gasteiger partial charge in [-0.15, -0.1) is 0 Å². The van der Waals surface area contributed by atoms with Gasteiger partial charge in [-0.3, -0.25) is 4.90 Å². The molecule has 0 bridgehead atoms. The highest BCUT2D eigenvalue weighted by Gasteiger charge is 2.45. The van der Waals surface area contributed by atoms with E-state index in [0.29, 0.717) is 11.5 Å². The molecule has 1 spiro atoms. The van der Waals surface area contributed by atoms with E-state index in [1.54, 1.807) is 0 Å². The summed E-state index contributed by atoms with van der Waals surface area (Å²) in [6.07, 6.45) is 4.48. The van der Waals surface area contributed by atoms with Crippen molar-refractivity contribution in [3.05, 3.63) is 0 Å². The molecule has 3 heteroatoms. The van der Waals surface area contributed by atoms with E-state index in [9.17, 15) is 0 Å². The predicted octanol–water partition coefficient (Wildman–Crippen LogP) is 0.461. The Morgan fingerprint density at radius 1 is 1.43 bits per heavy atom. The molecule has 0 aliphatic carbocycles. The van der Waals surface area contributed by atoms with Crippen LogP contribution in [0.2, 0.25) is 0 Å². The number of ether oxygens (including phenoxy) is 1. The predicted molar refractivity (Wildman–Crippen MR) is 55.3 cm³/mol. The van der Waals surface area contributed by atoms with E-state index in [2.05, 4.69) is 10.2 Å². The molecule has 1 atom stereocenters. The molecule has 0 aromatic heterocycles. The Hall–Kier alpha value is -0.120. The van der Waals surface area contributed by atoms with Crippen LogP contribution in [0, 0.1) is 5.41 Å². The lowest BCUT2D eigenvalue weighted by Gasteiger charge is -2.48. The summed E-state index contributed by atoms with van der Waals surface area (Å²) in [7, 11) is 0. The fourth-order valence-electron chi connectivity index (χ4n) is 3.17. The molecule has 1 unspecified atom stereocenters. The van der Waals surface area contributed by atoms with E-state index in [0.717, 1.165) is 6.61 Å². The highest BCUT2D eigenvalue weighted by Crippen LogP contribution is 2.36. The van der Waals surface area contributed by atoms with Crippen molar-refractivity contribution in [2.24, 2.45) is 5.41 Å². The van der Waals surface area contributed by atoms with Crippen LogP contribution in [0.3, 0.4) is 0 Å². The summed E-state index contributed by atoms with van der Waals surface area (Å²) >= 11 is 0. The first-order chi connectivity index (χ1) is 6.86. The van der Waals surface area contributed by atoms with Crippen molar-refractivity contribution in [3.63, 3.8) is 0 Å². The Kier molecular flexibility index (Phi) is 2.26. The summed E-state index contributed by atoms with van der Waals surface area (Å²) in [5.74, 6) is 0. The number of nitrogens with one attached hydrogen (secondary N) is 1. The Morgan fingerprint density at radius 2 is 2.36 bits per heavy atom. The van der Waals surface area contributed by atoms with Gasteiger partial charge in [-0.25, -0.2) is 0 Å². The van der Waals surface area contributed by atoms with Crippen molar-refractivity contribution >= 4 is 0 Å². The number of rotatable bonds is 2. The van der Waals surface area contributed by atoms with Gasteiger partial charge in [-0.2, -0.15) is 0 Å². The molecule has 0 saturated carbocycles. The van der Waals surface area contributed by atoms with Crippen LogP contribution < -0.4 is 5.32 Å². The highest BCUT2D eigenvalue weighted by molar-refractivity contribution is 5.00. The molecule has 3 nitrogen and oxygen atoms in total. The molecule has 0 radical (unpaired) electrons. The molecule has 0 aromatic rings. The first-order valence-electron chi connectivity index (χ1n) is 5.91. The molecule has 1 N–H and O–H groups in total. The molecule has 14 heavy (non-hydrogen) atoms. The number of likely N-dealkylation sites (tertiary alicyclic amines) is 1. The van der Waals surface area contributed by atoms with E-state index in [1.807, 2.05) is 0 Å². The van der Waals surface area contributed by atoms with Gasteiger partial charge in [-0.1, -0.05) is 0 Å². The average molecular weight is 196 g/mol. The van der Waals surface area contributed by atoms with E-state index in [1.165, 1.54) is 52.0 Å². The van der Waals surface area contributed by atoms with Crippen LogP contribution in [0.1, 0.15) is 19.3 Å². The maximum absolute atomic E-state index is 5.65. The summed E-state index contributed by atoms with van der Waals surface area (Å²) in [5.41, 5.74) is 0.651. The highest BCUT2D eigenvalue weighted by atomic mass is 16.5. The van der Waals surface area contributed by atoms with Gasteiger partial charge in [0.05, 0.1) is 6.10 Å². The zero-order valence-electron chi connectivity index (χ0n) is 8.80. The van der Waals surface area contributed by atoms with Crippen molar-refractivity contribution in [2.45, 2.75) is 25.4 Å². The topological polar surface area (TPSA) is 24.5 Å². The van der Waals surface area contributed by atoms with Crippen LogP contribution in [-0.4, -0.2) is 50.3 Å². The first kappa shape index (κ1) is 9.13. The van der Waals surface area contributed by atoms with Gasteiger partial charge in [-0.05, 0) is 25.8 Å². The van der Waals surface area contributed by atoms with Gasteiger partial charge in [0.1, 0.15) is 0 Å². The van der Waals surface area contributed by atoms with Gasteiger partial charge >= 0.3 is 0 Å². The largest absolute Gasteiger partial charge is 0.377 e. The van der Waals surface area contributed by atoms with Crippen LogP contribution in [-0.2, 0) is 4.74 Å². The minimum absolute atomic E-state index is 0.543. The average Bonchev–Trinajstić information content (AvgIpc) is 2.72. The SMILES string of the molecule is C1COC(CN2CC3(CCNC3)C2)C1. The Bertz CT molecular complexity index is 197. The lowest BCUT2D eigenvalue weighted by molar-refractivity contribution is -0.0220. The van der Waals surface area contributed by atoms with Gasteiger partial charge in [0.25, 0.3) is 0 Å². The Morgan fingerprint density at radius 3 is 3.00 bits per heavy atom. The van der Waals surface area contributed by atoms with E-state index >= 15 is 0 Å². The molecule has 3 saturated heterocycles. The third-order valence-electron chi connectivity index (χ3n) is 3.94. The van der Waals surface area contributed by atoms with Gasteiger partial charge < -0.3 is 10.1 Å². The standard InChI is InChI=1S/C11H20N2O/c1-2-10(14-5-1)6-13-8-11(9-13)3-4-12-7-11/h10,12H,1-9H2. The zero-order valence-corrected chi connectivity index (χ0v) is 8.80. The number of hydrogen-bond acceptors (Lipinski definition) is 3. The van der Waals surface area contributed by atoms with Crippen LogP contribution in [0.25, 0.3) is 0 Å². The summed E-state index contributed by atoms with van der Waals surface area (Å²) in [5, 5.41) is 3.47. The van der Waals surface area contributed by atoms with Gasteiger partial charge in [0.2, 0.25) is 0 Å². The molecule has 3 aliphatic heterocycles. The normalized spacial score (nSPS) is 36.4. The van der Waals surface area contributed by atoms with Crippen molar-refractivity contribution in [2.75, 3.05) is 39.3 Å². The van der Waals surface area contributed by atoms with E-state index in [4.69, 9.17) is 4.74 Å². The first-order valence-corrected chi connectivity index (χ1v) is 5.91. The number of nitrogens with zero attached hydrogens (tertiary/aromatic N) is 1. The quantitative estimate of drug-likeness (QED) is 0.694.